The van der Waals surface area contributed by atoms with E-state index in [1.807, 2.05) is 0 Å². The molecule has 0 atom stereocenters. The average Bonchev–Trinajstić information content (AvgIpc) is 3.21. The Hall–Kier alpha value is -3.00. The van der Waals surface area contributed by atoms with Gasteiger partial charge in [0.05, 0.1) is 13.0 Å². The summed E-state index contributed by atoms with van der Waals surface area (Å²) in [7, 11) is 0. The second-order valence-corrected chi connectivity index (χ2v) is 6.43. The summed E-state index contributed by atoms with van der Waals surface area (Å²) < 4.78 is 18.8. The number of hydrogen-bond donors (Lipinski definition) is 2. The number of carbonyl (C=O) groups excluding carboxylic acids is 2. The maximum absolute atomic E-state index is 13.2. The van der Waals surface area contributed by atoms with Gasteiger partial charge in [-0.3, -0.25) is 9.59 Å². The summed E-state index contributed by atoms with van der Waals surface area (Å²) in [5.41, 5.74) is 1.18. The molecule has 134 valence electrons. The molecule has 0 bridgehead atoms. The maximum Gasteiger partial charge on any atom is 0.230 e. The number of carbonyl (C=O) groups is 2. The van der Waals surface area contributed by atoms with Gasteiger partial charge >= 0.3 is 0 Å². The number of furan rings is 1. The van der Waals surface area contributed by atoms with Crippen molar-refractivity contribution in [2.75, 3.05) is 5.32 Å². The fourth-order valence-corrected chi connectivity index (χ4v) is 2.98. The highest BCUT2D eigenvalue weighted by Gasteiger charge is 2.12. The van der Waals surface area contributed by atoms with Crippen LogP contribution in [0.3, 0.4) is 0 Å². The molecule has 2 amide bonds. The zero-order chi connectivity index (χ0) is 18.5. The normalized spacial score (nSPS) is 10.5. The molecule has 0 radical (unpaired) electrons. The highest BCUT2D eigenvalue weighted by Crippen LogP contribution is 2.26. The van der Waals surface area contributed by atoms with Crippen molar-refractivity contribution in [3.63, 3.8) is 0 Å². The van der Waals surface area contributed by atoms with Crippen LogP contribution in [0, 0.1) is 5.82 Å². The third kappa shape index (κ3) is 4.76. The average molecular weight is 373 g/mol. The number of halogens is 1. The molecule has 0 fully saturated rings. The van der Waals surface area contributed by atoms with Crippen molar-refractivity contribution < 1.29 is 18.4 Å². The number of nitrogens with zero attached hydrogens (tertiary/aromatic N) is 1. The van der Waals surface area contributed by atoms with Crippen molar-refractivity contribution in [2.24, 2.45) is 0 Å². The van der Waals surface area contributed by atoms with Gasteiger partial charge in [0.15, 0.2) is 10.9 Å². The summed E-state index contributed by atoms with van der Waals surface area (Å²) >= 11 is 1.27. The molecule has 8 heteroatoms. The summed E-state index contributed by atoms with van der Waals surface area (Å²) in [6.07, 6.45) is 0.0638. The Kier molecular flexibility index (Phi) is 5.43. The van der Waals surface area contributed by atoms with Crippen molar-refractivity contribution in [2.45, 2.75) is 19.9 Å². The highest BCUT2D eigenvalue weighted by atomic mass is 32.1. The smallest absolute Gasteiger partial charge is 0.230 e. The van der Waals surface area contributed by atoms with E-state index in [-0.39, 0.29) is 24.1 Å². The van der Waals surface area contributed by atoms with Gasteiger partial charge in [0, 0.05) is 12.3 Å². The van der Waals surface area contributed by atoms with E-state index in [9.17, 15) is 14.0 Å². The number of thiazole rings is 1. The molecule has 0 spiro atoms. The van der Waals surface area contributed by atoms with Gasteiger partial charge in [0.2, 0.25) is 11.8 Å². The van der Waals surface area contributed by atoms with E-state index in [1.165, 1.54) is 30.4 Å². The molecule has 0 aliphatic rings. The first-order chi connectivity index (χ1) is 12.5. The number of rotatable bonds is 6. The Labute approximate surface area is 153 Å². The molecule has 2 heterocycles. The number of nitrogens with one attached hydrogen (secondary N) is 2. The lowest BCUT2D eigenvalue weighted by atomic mass is 10.1. The monoisotopic (exact) mass is 373 g/mol. The summed E-state index contributed by atoms with van der Waals surface area (Å²) in [6.45, 7) is 1.74. The van der Waals surface area contributed by atoms with Gasteiger partial charge in [0.1, 0.15) is 17.3 Å². The number of amides is 2. The molecular weight excluding hydrogens is 357 g/mol. The standard InChI is InChI=1S/C18H16FN3O3S/c1-11(23)20-9-14-5-6-16(25-14)15-10-26-18(21-15)22-17(24)8-12-3-2-4-13(19)7-12/h2-7,10H,8-9H2,1H3,(H,20,23)(H,21,22,24). The molecule has 2 aromatic heterocycles. The first-order valence-corrected chi connectivity index (χ1v) is 8.71. The minimum Gasteiger partial charge on any atom is -0.458 e. The van der Waals surface area contributed by atoms with Gasteiger partial charge in [-0.25, -0.2) is 9.37 Å². The summed E-state index contributed by atoms with van der Waals surface area (Å²) in [4.78, 5) is 27.3. The number of aromatic nitrogens is 1. The summed E-state index contributed by atoms with van der Waals surface area (Å²) in [5.74, 6) is 0.369. The van der Waals surface area contributed by atoms with Crippen LogP contribution in [-0.4, -0.2) is 16.8 Å². The minimum absolute atomic E-state index is 0.0638. The third-order valence-electron chi connectivity index (χ3n) is 3.43. The quantitative estimate of drug-likeness (QED) is 0.694. The fourth-order valence-electron chi connectivity index (χ4n) is 2.26. The molecule has 0 aliphatic heterocycles. The van der Waals surface area contributed by atoms with E-state index in [4.69, 9.17) is 4.42 Å². The predicted molar refractivity (Wildman–Crippen MR) is 96.1 cm³/mol. The summed E-state index contributed by atoms with van der Waals surface area (Å²) in [5, 5.41) is 7.54. The second-order valence-electron chi connectivity index (χ2n) is 5.57. The van der Waals surface area contributed by atoms with Crippen molar-refractivity contribution in [1.29, 1.82) is 0 Å². The first kappa shape index (κ1) is 17.8. The Morgan fingerprint density at radius 2 is 2.12 bits per heavy atom. The van der Waals surface area contributed by atoms with E-state index >= 15 is 0 Å². The molecule has 1 aromatic carbocycles. The number of benzene rings is 1. The molecular formula is C18H16FN3O3S. The van der Waals surface area contributed by atoms with Crippen LogP contribution in [-0.2, 0) is 22.6 Å². The number of hydrogen-bond acceptors (Lipinski definition) is 5. The van der Waals surface area contributed by atoms with Crippen LogP contribution in [0.25, 0.3) is 11.5 Å². The van der Waals surface area contributed by atoms with Gasteiger partial charge in [-0.05, 0) is 29.8 Å². The molecule has 6 nitrogen and oxygen atoms in total. The lowest BCUT2D eigenvalue weighted by Crippen LogP contribution is -2.18. The Bertz CT molecular complexity index is 935. The minimum atomic E-state index is -0.375. The highest BCUT2D eigenvalue weighted by molar-refractivity contribution is 7.14. The molecule has 0 aliphatic carbocycles. The molecule has 0 unspecified atom stereocenters. The van der Waals surface area contributed by atoms with E-state index in [0.29, 0.717) is 34.5 Å². The SMILES string of the molecule is CC(=O)NCc1ccc(-c2csc(NC(=O)Cc3cccc(F)c3)n2)o1. The zero-order valence-electron chi connectivity index (χ0n) is 13.9. The van der Waals surface area contributed by atoms with Gasteiger partial charge in [-0.2, -0.15) is 0 Å². The van der Waals surface area contributed by atoms with Gasteiger partial charge in [0.25, 0.3) is 0 Å². The first-order valence-electron chi connectivity index (χ1n) is 7.83. The van der Waals surface area contributed by atoms with Crippen LogP contribution >= 0.6 is 11.3 Å². The Morgan fingerprint density at radius 3 is 2.88 bits per heavy atom. The lowest BCUT2D eigenvalue weighted by Gasteiger charge is -2.02. The number of anilines is 1. The van der Waals surface area contributed by atoms with E-state index in [0.717, 1.165) is 0 Å². The van der Waals surface area contributed by atoms with Crippen molar-refractivity contribution in [1.82, 2.24) is 10.3 Å². The summed E-state index contributed by atoms with van der Waals surface area (Å²) in [6, 6.07) is 9.42. The van der Waals surface area contributed by atoms with Crippen molar-refractivity contribution >= 4 is 28.3 Å². The Morgan fingerprint density at radius 1 is 1.27 bits per heavy atom. The zero-order valence-corrected chi connectivity index (χ0v) is 14.7. The van der Waals surface area contributed by atoms with Crippen LogP contribution in [0.4, 0.5) is 9.52 Å². The van der Waals surface area contributed by atoms with E-state index in [1.54, 1.807) is 29.6 Å². The largest absolute Gasteiger partial charge is 0.458 e. The Balaban J connectivity index is 1.61. The second kappa shape index (κ2) is 7.92. The van der Waals surface area contributed by atoms with Crippen LogP contribution in [0.1, 0.15) is 18.2 Å². The van der Waals surface area contributed by atoms with E-state index in [2.05, 4.69) is 15.6 Å². The molecule has 2 N–H and O–H groups in total. The molecule has 3 aromatic rings. The van der Waals surface area contributed by atoms with Gasteiger partial charge in [-0.1, -0.05) is 12.1 Å². The third-order valence-corrected chi connectivity index (χ3v) is 4.19. The molecule has 26 heavy (non-hydrogen) atoms. The topological polar surface area (TPSA) is 84.2 Å². The van der Waals surface area contributed by atoms with Gasteiger partial charge in [-0.15, -0.1) is 11.3 Å². The van der Waals surface area contributed by atoms with Gasteiger partial charge < -0.3 is 15.1 Å². The maximum atomic E-state index is 13.2. The molecule has 3 rings (SSSR count). The van der Waals surface area contributed by atoms with Crippen LogP contribution in [0.15, 0.2) is 46.2 Å². The lowest BCUT2D eigenvalue weighted by molar-refractivity contribution is -0.119. The molecule has 0 saturated carbocycles. The van der Waals surface area contributed by atoms with Crippen molar-refractivity contribution in [3.8, 4) is 11.5 Å². The predicted octanol–water partition coefficient (Wildman–Crippen LogP) is 3.36. The van der Waals surface area contributed by atoms with Crippen molar-refractivity contribution in [3.05, 3.63) is 58.9 Å². The van der Waals surface area contributed by atoms with E-state index < -0.39 is 0 Å². The van der Waals surface area contributed by atoms with Crippen LogP contribution in [0.2, 0.25) is 0 Å². The van der Waals surface area contributed by atoms with Crippen LogP contribution < -0.4 is 10.6 Å². The fraction of sp³-hybridized carbons (Fsp3) is 0.167. The van der Waals surface area contributed by atoms with Crippen LogP contribution in [0.5, 0.6) is 0 Å². The molecule has 0 saturated heterocycles.